The number of amides is 1. The van der Waals surface area contributed by atoms with E-state index >= 15 is 0 Å². The highest BCUT2D eigenvalue weighted by Crippen LogP contribution is 2.32. The number of nitro benzene ring substituents is 1. The molecule has 1 atom stereocenters. The Balaban J connectivity index is 2.19. The molecule has 26 heavy (non-hydrogen) atoms. The lowest BCUT2D eigenvalue weighted by Crippen LogP contribution is -2.30. The van der Waals surface area contributed by atoms with Crippen LogP contribution in [0.25, 0.3) is 0 Å². The van der Waals surface area contributed by atoms with Gasteiger partial charge in [-0.05, 0) is 51.0 Å². The highest BCUT2D eigenvalue weighted by atomic mass is 16.6. The zero-order chi connectivity index (χ0) is 19.4. The molecule has 0 aliphatic heterocycles. The van der Waals surface area contributed by atoms with Crippen LogP contribution in [-0.2, 0) is 4.79 Å². The number of aryl methyl sites for hydroxylation is 3. The summed E-state index contributed by atoms with van der Waals surface area (Å²) in [5.74, 6) is -0.0342. The number of hydrogen-bond donors (Lipinski definition) is 1. The van der Waals surface area contributed by atoms with Gasteiger partial charge in [0.05, 0.1) is 18.1 Å². The predicted octanol–water partition coefficient (Wildman–Crippen LogP) is 3.93. The van der Waals surface area contributed by atoms with Crippen LogP contribution in [0.3, 0.4) is 0 Å². The first-order chi connectivity index (χ1) is 12.2. The van der Waals surface area contributed by atoms with E-state index < -0.39 is 11.0 Å². The van der Waals surface area contributed by atoms with E-state index in [1.54, 1.807) is 13.0 Å². The van der Waals surface area contributed by atoms with Gasteiger partial charge in [0.15, 0.2) is 11.9 Å². The van der Waals surface area contributed by atoms with Crippen LogP contribution < -0.4 is 14.8 Å². The molecule has 0 heterocycles. The molecule has 0 fully saturated rings. The third kappa shape index (κ3) is 4.30. The Hall–Kier alpha value is -3.09. The van der Waals surface area contributed by atoms with Crippen molar-refractivity contribution >= 4 is 17.3 Å². The Bertz CT molecular complexity index is 825. The molecule has 0 saturated heterocycles. The van der Waals surface area contributed by atoms with Crippen LogP contribution in [-0.4, -0.2) is 24.0 Å². The molecule has 1 N–H and O–H groups in total. The number of benzene rings is 2. The van der Waals surface area contributed by atoms with Crippen LogP contribution in [0.15, 0.2) is 30.3 Å². The summed E-state index contributed by atoms with van der Waals surface area (Å²) in [6.07, 6.45) is -0.915. The lowest BCUT2D eigenvalue weighted by molar-refractivity contribution is -0.386. The van der Waals surface area contributed by atoms with Gasteiger partial charge >= 0.3 is 5.69 Å². The standard InChI is InChI=1S/C19H22N2O5/c1-11-8-12(2)18(13(3)9-11)20-19(22)14(4)26-17-7-6-15(25-5)10-16(17)21(23)24/h6-10,14H,1-5H3,(H,20,22)/t14-/m1/s1. The average Bonchev–Trinajstić information content (AvgIpc) is 2.57. The molecule has 2 rings (SSSR count). The van der Waals surface area contributed by atoms with Gasteiger partial charge in [-0.2, -0.15) is 0 Å². The number of hydrogen-bond acceptors (Lipinski definition) is 5. The van der Waals surface area contributed by atoms with Crippen molar-refractivity contribution in [1.29, 1.82) is 0 Å². The largest absolute Gasteiger partial charge is 0.496 e. The molecule has 0 aliphatic rings. The van der Waals surface area contributed by atoms with E-state index in [1.807, 2.05) is 32.9 Å². The molecule has 0 radical (unpaired) electrons. The Morgan fingerprint density at radius 2 is 1.77 bits per heavy atom. The summed E-state index contributed by atoms with van der Waals surface area (Å²) in [5.41, 5.74) is 3.46. The summed E-state index contributed by atoms with van der Waals surface area (Å²) in [5, 5.41) is 14.1. The maximum absolute atomic E-state index is 12.5. The topological polar surface area (TPSA) is 90.7 Å². The Labute approximate surface area is 152 Å². The van der Waals surface area contributed by atoms with Gasteiger partial charge in [0, 0.05) is 5.69 Å². The Morgan fingerprint density at radius 3 is 2.31 bits per heavy atom. The van der Waals surface area contributed by atoms with Crippen LogP contribution >= 0.6 is 0 Å². The second-order valence-corrected chi connectivity index (χ2v) is 6.11. The monoisotopic (exact) mass is 358 g/mol. The lowest BCUT2D eigenvalue weighted by Gasteiger charge is -2.17. The van der Waals surface area contributed by atoms with E-state index in [1.165, 1.54) is 19.2 Å². The highest BCUT2D eigenvalue weighted by Gasteiger charge is 2.22. The van der Waals surface area contributed by atoms with E-state index in [4.69, 9.17) is 9.47 Å². The number of rotatable bonds is 6. The van der Waals surface area contributed by atoms with Gasteiger partial charge in [0.2, 0.25) is 0 Å². The van der Waals surface area contributed by atoms with Crippen molar-refractivity contribution < 1.29 is 19.2 Å². The van der Waals surface area contributed by atoms with E-state index in [-0.39, 0.29) is 17.3 Å². The van der Waals surface area contributed by atoms with E-state index in [0.717, 1.165) is 22.4 Å². The van der Waals surface area contributed by atoms with Crippen molar-refractivity contribution in [2.24, 2.45) is 0 Å². The normalized spacial score (nSPS) is 11.6. The first-order valence-electron chi connectivity index (χ1n) is 8.10. The van der Waals surface area contributed by atoms with Crippen molar-refractivity contribution in [2.45, 2.75) is 33.8 Å². The molecule has 1 amide bonds. The minimum atomic E-state index is -0.915. The van der Waals surface area contributed by atoms with Crippen molar-refractivity contribution in [3.05, 3.63) is 57.1 Å². The fourth-order valence-electron chi connectivity index (χ4n) is 2.71. The molecule has 0 aromatic heterocycles. The van der Waals surface area contributed by atoms with Crippen LogP contribution in [0.1, 0.15) is 23.6 Å². The first-order valence-corrected chi connectivity index (χ1v) is 8.10. The number of nitro groups is 1. The predicted molar refractivity (Wildman–Crippen MR) is 99.0 cm³/mol. The fraction of sp³-hybridized carbons (Fsp3) is 0.316. The molecule has 0 spiro atoms. The van der Waals surface area contributed by atoms with Crippen molar-refractivity contribution in [3.8, 4) is 11.5 Å². The zero-order valence-corrected chi connectivity index (χ0v) is 15.5. The van der Waals surface area contributed by atoms with Crippen LogP contribution in [0.4, 0.5) is 11.4 Å². The van der Waals surface area contributed by atoms with Crippen molar-refractivity contribution in [3.63, 3.8) is 0 Å². The van der Waals surface area contributed by atoms with E-state index in [9.17, 15) is 14.9 Å². The van der Waals surface area contributed by atoms with Gasteiger partial charge in [0.1, 0.15) is 5.75 Å². The lowest BCUT2D eigenvalue weighted by atomic mass is 10.0. The number of carbonyl (C=O) groups is 1. The number of methoxy groups -OCH3 is 1. The van der Waals surface area contributed by atoms with Gasteiger partial charge in [-0.15, -0.1) is 0 Å². The van der Waals surface area contributed by atoms with Crippen LogP contribution in [0.2, 0.25) is 0 Å². The average molecular weight is 358 g/mol. The van der Waals surface area contributed by atoms with Gasteiger partial charge in [-0.3, -0.25) is 14.9 Å². The molecule has 138 valence electrons. The maximum atomic E-state index is 12.5. The molecular weight excluding hydrogens is 336 g/mol. The van der Waals surface area contributed by atoms with Gasteiger partial charge in [-0.25, -0.2) is 0 Å². The van der Waals surface area contributed by atoms with Gasteiger partial charge in [0.25, 0.3) is 5.91 Å². The smallest absolute Gasteiger partial charge is 0.314 e. The summed E-state index contributed by atoms with van der Waals surface area (Å²) in [7, 11) is 1.42. The molecule has 2 aromatic carbocycles. The number of nitrogens with one attached hydrogen (secondary N) is 1. The third-order valence-electron chi connectivity index (χ3n) is 3.96. The molecular formula is C19H22N2O5. The minimum Gasteiger partial charge on any atom is -0.496 e. The Morgan fingerprint density at radius 1 is 1.15 bits per heavy atom. The second-order valence-electron chi connectivity index (χ2n) is 6.11. The number of nitrogens with zero attached hydrogens (tertiary/aromatic N) is 1. The fourth-order valence-corrected chi connectivity index (χ4v) is 2.71. The maximum Gasteiger partial charge on any atom is 0.314 e. The van der Waals surface area contributed by atoms with Gasteiger partial charge < -0.3 is 14.8 Å². The van der Waals surface area contributed by atoms with E-state index in [0.29, 0.717) is 5.75 Å². The molecule has 0 unspecified atom stereocenters. The molecule has 0 aliphatic carbocycles. The number of ether oxygens (including phenoxy) is 2. The van der Waals surface area contributed by atoms with Gasteiger partial charge in [-0.1, -0.05) is 17.7 Å². The summed E-state index contributed by atoms with van der Waals surface area (Å²) >= 11 is 0. The number of carbonyl (C=O) groups excluding carboxylic acids is 1. The SMILES string of the molecule is COc1ccc(O[C@H](C)C(=O)Nc2c(C)cc(C)cc2C)c([N+](=O)[O-])c1. The summed E-state index contributed by atoms with van der Waals surface area (Å²) < 4.78 is 10.5. The molecule has 7 heteroatoms. The minimum absolute atomic E-state index is 0.0100. The van der Waals surface area contributed by atoms with E-state index in [2.05, 4.69) is 5.32 Å². The number of anilines is 1. The highest BCUT2D eigenvalue weighted by molar-refractivity contribution is 5.95. The third-order valence-corrected chi connectivity index (χ3v) is 3.96. The molecule has 0 saturated carbocycles. The van der Waals surface area contributed by atoms with Crippen LogP contribution in [0.5, 0.6) is 11.5 Å². The molecule has 0 bridgehead atoms. The Kier molecular flexibility index (Phi) is 5.82. The second kappa shape index (κ2) is 7.86. The summed E-state index contributed by atoms with van der Waals surface area (Å²) in [6.45, 7) is 7.35. The summed E-state index contributed by atoms with van der Waals surface area (Å²) in [4.78, 5) is 23.1. The van der Waals surface area contributed by atoms with Crippen LogP contribution in [0, 0.1) is 30.9 Å². The molecule has 2 aromatic rings. The first kappa shape index (κ1) is 19.2. The molecule has 7 nitrogen and oxygen atoms in total. The summed E-state index contributed by atoms with van der Waals surface area (Å²) in [6, 6.07) is 8.17. The zero-order valence-electron chi connectivity index (χ0n) is 15.5. The van der Waals surface area contributed by atoms with Crippen molar-refractivity contribution in [1.82, 2.24) is 0 Å². The quantitative estimate of drug-likeness (QED) is 0.624. The van der Waals surface area contributed by atoms with Crippen molar-refractivity contribution in [2.75, 3.05) is 12.4 Å².